The molecule has 0 spiro atoms. The average molecular weight is 323 g/mol. The predicted molar refractivity (Wildman–Crippen MR) is 84.3 cm³/mol. The Bertz CT molecular complexity index is 616. The number of likely N-dealkylation sites (tertiary alicyclic amines) is 1. The summed E-state index contributed by atoms with van der Waals surface area (Å²) < 4.78 is 6.97. The monoisotopic (exact) mass is 323 g/mol. The third-order valence-corrected chi connectivity index (χ3v) is 3.94. The molecule has 1 aliphatic heterocycles. The van der Waals surface area contributed by atoms with E-state index in [2.05, 4.69) is 5.10 Å². The highest BCUT2D eigenvalue weighted by atomic mass is 16.6. The number of amides is 1. The number of hydrogen-bond acceptors (Lipinski definition) is 4. The maximum Gasteiger partial charge on any atom is 0.410 e. The van der Waals surface area contributed by atoms with Crippen molar-refractivity contribution < 1.29 is 19.4 Å². The van der Waals surface area contributed by atoms with E-state index in [1.807, 2.05) is 34.6 Å². The van der Waals surface area contributed by atoms with Crippen LogP contribution in [0, 0.1) is 13.8 Å². The van der Waals surface area contributed by atoms with Crippen molar-refractivity contribution in [3.05, 3.63) is 17.0 Å². The molecular formula is C16H25N3O4. The first-order valence-corrected chi connectivity index (χ1v) is 7.85. The highest BCUT2D eigenvalue weighted by molar-refractivity contribution is 5.69. The molecule has 1 amide bonds. The first-order valence-electron chi connectivity index (χ1n) is 7.85. The maximum absolute atomic E-state index is 12.4. The van der Waals surface area contributed by atoms with E-state index < -0.39 is 11.6 Å². The van der Waals surface area contributed by atoms with Crippen molar-refractivity contribution in [1.82, 2.24) is 14.7 Å². The number of carboxylic acid groups (broad SMARTS) is 1. The molecule has 0 bridgehead atoms. The van der Waals surface area contributed by atoms with Crippen molar-refractivity contribution in [3.63, 3.8) is 0 Å². The number of aryl methyl sites for hydroxylation is 1. The highest BCUT2D eigenvalue weighted by Gasteiger charge is 2.36. The fourth-order valence-corrected chi connectivity index (χ4v) is 3.08. The molecule has 128 valence electrons. The van der Waals surface area contributed by atoms with E-state index in [0.717, 1.165) is 29.8 Å². The van der Waals surface area contributed by atoms with Gasteiger partial charge in [0.2, 0.25) is 0 Å². The summed E-state index contributed by atoms with van der Waals surface area (Å²) >= 11 is 0. The van der Waals surface area contributed by atoms with E-state index in [-0.39, 0.29) is 18.7 Å². The second-order valence-electron chi connectivity index (χ2n) is 6.97. The van der Waals surface area contributed by atoms with Gasteiger partial charge in [0.15, 0.2) is 0 Å². The zero-order chi connectivity index (χ0) is 17.4. The standard InChI is InChI=1S/C16H25N3O4/c1-10-14(11(2)19(17-10)9-13(20)21)12-7-6-8-18(12)15(22)23-16(3,4)5/h12H,6-9H2,1-5H3,(H,20,21)/t12-/m1/s1. The summed E-state index contributed by atoms with van der Waals surface area (Å²) in [4.78, 5) is 25.1. The Balaban J connectivity index is 2.28. The van der Waals surface area contributed by atoms with Crippen molar-refractivity contribution in [2.75, 3.05) is 6.54 Å². The van der Waals surface area contributed by atoms with E-state index in [0.29, 0.717) is 6.54 Å². The van der Waals surface area contributed by atoms with Gasteiger partial charge in [-0.05, 0) is 47.5 Å². The molecule has 0 aliphatic carbocycles. The van der Waals surface area contributed by atoms with Crippen LogP contribution in [0.2, 0.25) is 0 Å². The third-order valence-electron chi connectivity index (χ3n) is 3.94. The van der Waals surface area contributed by atoms with Crippen LogP contribution in [0.5, 0.6) is 0 Å². The molecule has 0 radical (unpaired) electrons. The number of carbonyl (C=O) groups excluding carboxylic acids is 1. The molecule has 1 saturated heterocycles. The van der Waals surface area contributed by atoms with Gasteiger partial charge in [-0.15, -0.1) is 0 Å². The second kappa shape index (κ2) is 6.22. The van der Waals surface area contributed by atoms with Crippen molar-refractivity contribution >= 4 is 12.1 Å². The smallest absolute Gasteiger partial charge is 0.410 e. The van der Waals surface area contributed by atoms with Crippen LogP contribution in [-0.4, -0.2) is 44.0 Å². The normalized spacial score (nSPS) is 18.3. The van der Waals surface area contributed by atoms with Crippen molar-refractivity contribution in [2.24, 2.45) is 0 Å². The van der Waals surface area contributed by atoms with Crippen LogP contribution in [-0.2, 0) is 16.1 Å². The minimum absolute atomic E-state index is 0.104. The molecule has 1 atom stereocenters. The van der Waals surface area contributed by atoms with E-state index in [1.165, 1.54) is 4.68 Å². The van der Waals surface area contributed by atoms with Crippen molar-refractivity contribution in [1.29, 1.82) is 0 Å². The van der Waals surface area contributed by atoms with Gasteiger partial charge in [-0.2, -0.15) is 5.10 Å². The van der Waals surface area contributed by atoms with Crippen LogP contribution in [0.25, 0.3) is 0 Å². The highest BCUT2D eigenvalue weighted by Crippen LogP contribution is 2.36. The first kappa shape index (κ1) is 17.3. The molecule has 0 unspecified atom stereocenters. The van der Waals surface area contributed by atoms with Gasteiger partial charge < -0.3 is 14.7 Å². The van der Waals surface area contributed by atoms with E-state index in [4.69, 9.17) is 9.84 Å². The van der Waals surface area contributed by atoms with E-state index in [9.17, 15) is 9.59 Å². The Morgan fingerprint density at radius 3 is 2.57 bits per heavy atom. The van der Waals surface area contributed by atoms with Crippen LogP contribution < -0.4 is 0 Å². The zero-order valence-corrected chi connectivity index (χ0v) is 14.4. The molecule has 2 heterocycles. The lowest BCUT2D eigenvalue weighted by atomic mass is 10.0. The number of rotatable bonds is 3. The SMILES string of the molecule is Cc1nn(CC(=O)O)c(C)c1[C@H]1CCCN1C(=O)OC(C)(C)C. The summed E-state index contributed by atoms with van der Waals surface area (Å²) in [5, 5.41) is 13.3. The summed E-state index contributed by atoms with van der Waals surface area (Å²) in [6.07, 6.45) is 1.40. The number of carboxylic acids is 1. The van der Waals surface area contributed by atoms with Crippen LogP contribution >= 0.6 is 0 Å². The lowest BCUT2D eigenvalue weighted by molar-refractivity contribution is -0.137. The van der Waals surface area contributed by atoms with Gasteiger partial charge in [0, 0.05) is 17.8 Å². The molecular weight excluding hydrogens is 298 g/mol. The summed E-state index contributed by atoms with van der Waals surface area (Å²) in [6, 6.07) is -0.104. The Kier molecular flexibility index (Phi) is 4.68. The van der Waals surface area contributed by atoms with Crippen LogP contribution in [0.4, 0.5) is 4.79 Å². The van der Waals surface area contributed by atoms with Gasteiger partial charge in [-0.1, -0.05) is 0 Å². The molecule has 1 aromatic rings. The minimum Gasteiger partial charge on any atom is -0.480 e. The largest absolute Gasteiger partial charge is 0.480 e. The number of carbonyl (C=O) groups is 2. The second-order valence-corrected chi connectivity index (χ2v) is 6.97. The van der Waals surface area contributed by atoms with Crippen LogP contribution in [0.3, 0.4) is 0 Å². The average Bonchev–Trinajstić information content (AvgIpc) is 2.93. The van der Waals surface area contributed by atoms with Crippen LogP contribution in [0.15, 0.2) is 0 Å². The van der Waals surface area contributed by atoms with Gasteiger partial charge in [-0.25, -0.2) is 4.79 Å². The summed E-state index contributed by atoms with van der Waals surface area (Å²) in [5.74, 6) is -0.933. The van der Waals surface area contributed by atoms with E-state index in [1.54, 1.807) is 4.90 Å². The molecule has 2 rings (SSSR count). The van der Waals surface area contributed by atoms with Gasteiger partial charge in [-0.3, -0.25) is 9.48 Å². The van der Waals surface area contributed by atoms with Crippen LogP contribution in [0.1, 0.15) is 56.6 Å². The molecule has 7 heteroatoms. The third kappa shape index (κ3) is 3.83. The molecule has 1 aromatic heterocycles. The maximum atomic E-state index is 12.4. The number of aliphatic carboxylic acids is 1. The Morgan fingerprint density at radius 1 is 1.35 bits per heavy atom. The topological polar surface area (TPSA) is 84.7 Å². The summed E-state index contributed by atoms with van der Waals surface area (Å²) in [6.45, 7) is 9.71. The number of aromatic nitrogens is 2. The van der Waals surface area contributed by atoms with Crippen molar-refractivity contribution in [3.8, 4) is 0 Å². The fourth-order valence-electron chi connectivity index (χ4n) is 3.08. The summed E-state index contributed by atoms with van der Waals surface area (Å²) in [5.41, 5.74) is 1.96. The molecule has 1 N–H and O–H groups in total. The van der Waals surface area contributed by atoms with Gasteiger partial charge >= 0.3 is 12.1 Å². The number of hydrogen-bond donors (Lipinski definition) is 1. The molecule has 7 nitrogen and oxygen atoms in total. The van der Waals surface area contributed by atoms with Gasteiger partial charge in [0.05, 0.1) is 11.7 Å². The first-order chi connectivity index (χ1) is 10.6. The lowest BCUT2D eigenvalue weighted by Crippen LogP contribution is -2.36. The Morgan fingerprint density at radius 2 is 2.00 bits per heavy atom. The molecule has 23 heavy (non-hydrogen) atoms. The molecule has 0 aromatic carbocycles. The fraction of sp³-hybridized carbons (Fsp3) is 0.688. The summed E-state index contributed by atoms with van der Waals surface area (Å²) in [7, 11) is 0. The zero-order valence-electron chi connectivity index (χ0n) is 14.4. The predicted octanol–water partition coefficient (Wildman–Crippen LogP) is 2.66. The van der Waals surface area contributed by atoms with Crippen molar-refractivity contribution in [2.45, 2.75) is 65.6 Å². The Hall–Kier alpha value is -2.05. The van der Waals surface area contributed by atoms with Gasteiger partial charge in [0.1, 0.15) is 12.1 Å². The minimum atomic E-state index is -0.933. The van der Waals surface area contributed by atoms with E-state index >= 15 is 0 Å². The number of ether oxygens (including phenoxy) is 1. The molecule has 1 aliphatic rings. The lowest BCUT2D eigenvalue weighted by Gasteiger charge is -2.29. The quantitative estimate of drug-likeness (QED) is 0.924. The molecule has 1 fully saturated rings. The molecule has 0 saturated carbocycles. The number of nitrogens with zero attached hydrogens (tertiary/aromatic N) is 3. The Labute approximate surface area is 136 Å². The van der Waals surface area contributed by atoms with Gasteiger partial charge in [0.25, 0.3) is 0 Å².